The first-order valence-electron chi connectivity index (χ1n) is 10.2. The van der Waals surface area contributed by atoms with E-state index in [4.69, 9.17) is 0 Å². The number of benzene rings is 2. The zero-order valence-electron chi connectivity index (χ0n) is 17.7. The summed E-state index contributed by atoms with van der Waals surface area (Å²) in [5, 5.41) is 12.2. The average Bonchev–Trinajstić information content (AvgIpc) is 3.29. The number of nitrogens with one attached hydrogen (secondary N) is 1. The molecule has 3 rings (SSSR count). The Kier molecular flexibility index (Phi) is 10.5. The van der Waals surface area contributed by atoms with Gasteiger partial charge in [0.05, 0.1) is 6.33 Å². The molecule has 0 aliphatic carbocycles. The van der Waals surface area contributed by atoms with Crippen LogP contribution in [-0.4, -0.2) is 74.1 Å². The Labute approximate surface area is 215 Å². The fourth-order valence-corrected chi connectivity index (χ4v) is 3.92. The van der Waals surface area contributed by atoms with Gasteiger partial charge in [0, 0.05) is 24.5 Å². The van der Waals surface area contributed by atoms with Crippen molar-refractivity contribution < 1.29 is 14.7 Å². The molecule has 8 heteroatoms. The van der Waals surface area contributed by atoms with Crippen LogP contribution in [0.2, 0.25) is 0 Å². The van der Waals surface area contributed by atoms with Gasteiger partial charge in [0.1, 0.15) is 6.04 Å². The fourth-order valence-electron chi connectivity index (χ4n) is 3.45. The quantitative estimate of drug-likeness (QED) is 0.452. The first-order chi connectivity index (χ1) is 15.0. The van der Waals surface area contributed by atoms with E-state index >= 15 is 0 Å². The Balaban J connectivity index is 0.00000363. The maximum absolute atomic E-state index is 13.1. The first kappa shape index (κ1) is 26.2. The molecular formula is C24H28N3NaO3S. The summed E-state index contributed by atoms with van der Waals surface area (Å²) in [5.41, 5.74) is 4.41. The molecule has 6 nitrogen and oxygen atoms in total. The predicted molar refractivity (Wildman–Crippen MR) is 132 cm³/mol. The zero-order chi connectivity index (χ0) is 22.2. The molecule has 1 unspecified atom stereocenters. The molecule has 1 amide bonds. The van der Waals surface area contributed by atoms with Crippen LogP contribution in [0.4, 0.5) is 0 Å². The van der Waals surface area contributed by atoms with Crippen LogP contribution in [0.3, 0.4) is 0 Å². The molecule has 0 fully saturated rings. The summed E-state index contributed by atoms with van der Waals surface area (Å²) in [4.78, 5) is 28.8. The molecule has 0 radical (unpaired) electrons. The monoisotopic (exact) mass is 461 g/mol. The van der Waals surface area contributed by atoms with E-state index in [1.165, 1.54) is 0 Å². The van der Waals surface area contributed by atoms with Crippen molar-refractivity contribution in [2.75, 3.05) is 12.0 Å². The van der Waals surface area contributed by atoms with Gasteiger partial charge >= 0.3 is 35.5 Å². The van der Waals surface area contributed by atoms with Crippen LogP contribution in [-0.2, 0) is 17.8 Å². The van der Waals surface area contributed by atoms with Crippen molar-refractivity contribution in [3.8, 4) is 11.1 Å². The van der Waals surface area contributed by atoms with Gasteiger partial charge in [-0.05, 0) is 60.1 Å². The number of imidazole rings is 1. The van der Waals surface area contributed by atoms with E-state index in [1.807, 2.05) is 60.3 Å². The van der Waals surface area contributed by atoms with E-state index in [2.05, 4.69) is 10.3 Å². The number of thioether (sulfide) groups is 1. The summed E-state index contributed by atoms with van der Waals surface area (Å²) in [5.74, 6) is -0.723. The van der Waals surface area contributed by atoms with Gasteiger partial charge in [-0.15, -0.1) is 0 Å². The first-order valence-corrected chi connectivity index (χ1v) is 11.6. The number of aliphatic carboxylic acids is 1. The second-order valence-electron chi connectivity index (χ2n) is 7.39. The van der Waals surface area contributed by atoms with E-state index in [9.17, 15) is 14.7 Å². The Morgan fingerprint density at radius 3 is 2.62 bits per heavy atom. The summed E-state index contributed by atoms with van der Waals surface area (Å²) in [6.07, 6.45) is 8.55. The number of nitrogens with zero attached hydrogens (tertiary/aromatic N) is 2. The van der Waals surface area contributed by atoms with Gasteiger partial charge in [-0.25, -0.2) is 9.78 Å². The minimum absolute atomic E-state index is 0. The number of carbonyl (C=O) groups excluding carboxylic acids is 1. The van der Waals surface area contributed by atoms with Crippen LogP contribution in [0.15, 0.2) is 61.2 Å². The molecule has 164 valence electrons. The normalized spacial score (nSPS) is 11.4. The van der Waals surface area contributed by atoms with Gasteiger partial charge in [0.25, 0.3) is 5.91 Å². The van der Waals surface area contributed by atoms with Gasteiger partial charge in [0.15, 0.2) is 0 Å². The molecule has 0 saturated heterocycles. The number of aromatic nitrogens is 2. The van der Waals surface area contributed by atoms with Crippen molar-refractivity contribution in [1.82, 2.24) is 14.9 Å². The van der Waals surface area contributed by atoms with Crippen LogP contribution in [0.5, 0.6) is 0 Å². The van der Waals surface area contributed by atoms with E-state index in [0.717, 1.165) is 35.2 Å². The molecule has 0 spiro atoms. The summed E-state index contributed by atoms with van der Waals surface area (Å²) in [6.45, 7) is 2.79. The van der Waals surface area contributed by atoms with Crippen molar-refractivity contribution in [3.63, 3.8) is 0 Å². The van der Waals surface area contributed by atoms with E-state index < -0.39 is 12.0 Å². The third kappa shape index (κ3) is 6.97. The predicted octanol–water partition coefficient (Wildman–Crippen LogP) is 3.39. The molecule has 2 N–H and O–H groups in total. The number of hydrogen-bond donors (Lipinski definition) is 2. The summed E-state index contributed by atoms with van der Waals surface area (Å²) in [7, 11) is 0. The molecule has 0 bridgehead atoms. The molecule has 32 heavy (non-hydrogen) atoms. The van der Waals surface area contributed by atoms with Crippen molar-refractivity contribution in [2.24, 2.45) is 0 Å². The topological polar surface area (TPSA) is 84.2 Å². The zero-order valence-corrected chi connectivity index (χ0v) is 18.6. The van der Waals surface area contributed by atoms with E-state index in [1.54, 1.807) is 30.4 Å². The Hall–Kier alpha value is -2.06. The number of aryl methyl sites for hydroxylation is 3. The van der Waals surface area contributed by atoms with Crippen LogP contribution in [0.25, 0.3) is 11.1 Å². The molecule has 0 saturated carbocycles. The molecule has 1 atom stereocenters. The van der Waals surface area contributed by atoms with Crippen molar-refractivity contribution in [1.29, 1.82) is 0 Å². The SMILES string of the molecule is CSCCC(NC(=O)c1ccc(CCn2ccnc2)cc1-c1ccccc1C)C(=O)O.[NaH]. The Morgan fingerprint density at radius 2 is 1.97 bits per heavy atom. The minimum atomic E-state index is -1.02. The second kappa shape index (κ2) is 12.8. The van der Waals surface area contributed by atoms with E-state index in [0.29, 0.717) is 17.7 Å². The maximum atomic E-state index is 13.1. The van der Waals surface area contributed by atoms with Crippen LogP contribution in [0, 0.1) is 6.92 Å². The van der Waals surface area contributed by atoms with Crippen molar-refractivity contribution >= 4 is 53.2 Å². The van der Waals surface area contributed by atoms with Gasteiger partial charge in [0.2, 0.25) is 0 Å². The molecule has 3 aromatic rings. The number of amides is 1. The Morgan fingerprint density at radius 1 is 1.19 bits per heavy atom. The second-order valence-corrected chi connectivity index (χ2v) is 8.38. The number of rotatable bonds is 10. The molecule has 0 aliphatic heterocycles. The Bertz CT molecular complexity index is 1040. The van der Waals surface area contributed by atoms with Crippen molar-refractivity contribution in [2.45, 2.75) is 32.4 Å². The molecule has 0 aliphatic rings. The van der Waals surface area contributed by atoms with Gasteiger partial charge in [-0.2, -0.15) is 11.8 Å². The molecule has 1 aromatic heterocycles. The van der Waals surface area contributed by atoms with Gasteiger partial charge in [-0.1, -0.05) is 36.4 Å². The number of carboxylic acids is 1. The van der Waals surface area contributed by atoms with E-state index in [-0.39, 0.29) is 35.5 Å². The molecule has 2 aromatic carbocycles. The average molecular weight is 462 g/mol. The van der Waals surface area contributed by atoms with Gasteiger partial charge in [-0.3, -0.25) is 4.79 Å². The third-order valence-corrected chi connectivity index (χ3v) is 5.84. The standard InChI is InChI=1S/C24H27N3O3S.Na.H/c1-17-5-3-4-6-19(17)21-15-18(9-12-27-13-11-25-16-27)7-8-20(21)23(28)26-22(24(29)30)10-14-31-2;;/h3-8,11,13,15-16,22H,9-10,12,14H2,1-2H3,(H,26,28)(H,29,30);;. The summed E-state index contributed by atoms with van der Waals surface area (Å²) < 4.78 is 2.01. The summed E-state index contributed by atoms with van der Waals surface area (Å²) >= 11 is 1.56. The van der Waals surface area contributed by atoms with Crippen LogP contribution < -0.4 is 5.32 Å². The molecular weight excluding hydrogens is 433 g/mol. The van der Waals surface area contributed by atoms with Crippen molar-refractivity contribution in [3.05, 3.63) is 77.9 Å². The number of hydrogen-bond acceptors (Lipinski definition) is 4. The molecule has 1 heterocycles. The summed E-state index contributed by atoms with van der Waals surface area (Å²) in [6, 6.07) is 12.8. The third-order valence-electron chi connectivity index (χ3n) is 5.20. The van der Waals surface area contributed by atoms with Gasteiger partial charge < -0.3 is 15.0 Å². The van der Waals surface area contributed by atoms with Crippen LogP contribution in [0.1, 0.15) is 27.9 Å². The number of carboxylic acid groups (broad SMARTS) is 1. The number of carbonyl (C=O) groups is 2. The van der Waals surface area contributed by atoms with Crippen LogP contribution >= 0.6 is 11.8 Å². The fraction of sp³-hybridized carbons (Fsp3) is 0.292.